The molecule has 144 valence electrons. The fourth-order valence-corrected chi connectivity index (χ4v) is 4.03. The van der Waals surface area contributed by atoms with E-state index in [0.717, 1.165) is 29.5 Å². The molecule has 1 aliphatic rings. The third-order valence-electron chi connectivity index (χ3n) is 4.68. The summed E-state index contributed by atoms with van der Waals surface area (Å²) in [6, 6.07) is 3.80. The topological polar surface area (TPSA) is 107 Å². The van der Waals surface area contributed by atoms with Crippen molar-refractivity contribution in [2.24, 2.45) is 11.7 Å². The molecule has 1 saturated heterocycles. The van der Waals surface area contributed by atoms with Crippen molar-refractivity contribution >= 4 is 23.6 Å². The average Bonchev–Trinajstić information content (AvgIpc) is 3.10. The Morgan fingerprint density at radius 2 is 1.93 bits per heavy atom. The quantitative estimate of drug-likeness (QED) is 0.722. The Morgan fingerprint density at radius 3 is 2.56 bits per heavy atom. The van der Waals surface area contributed by atoms with Gasteiger partial charge in [0.2, 0.25) is 11.8 Å². The molecule has 27 heavy (non-hydrogen) atoms. The van der Waals surface area contributed by atoms with Crippen LogP contribution in [0.25, 0.3) is 11.4 Å². The number of nitrogens with zero attached hydrogens (tertiary/aromatic N) is 5. The van der Waals surface area contributed by atoms with Crippen LogP contribution in [-0.2, 0) is 16.1 Å². The van der Waals surface area contributed by atoms with Crippen LogP contribution < -0.4 is 5.73 Å². The predicted octanol–water partition coefficient (Wildman–Crippen LogP) is 1.57. The SMILES string of the molecule is CCCn1c(SCC(=O)N2CCC(C(N)=O)CC2)nnc1-c1ccncc1. The van der Waals surface area contributed by atoms with Crippen molar-refractivity contribution in [3.63, 3.8) is 0 Å². The molecule has 0 unspecified atom stereocenters. The molecule has 2 aromatic heterocycles. The van der Waals surface area contributed by atoms with Crippen molar-refractivity contribution < 1.29 is 9.59 Å². The van der Waals surface area contributed by atoms with Crippen LogP contribution >= 0.6 is 11.8 Å². The normalized spacial score (nSPS) is 15.1. The van der Waals surface area contributed by atoms with E-state index in [1.807, 2.05) is 16.7 Å². The van der Waals surface area contributed by atoms with Gasteiger partial charge in [0.1, 0.15) is 0 Å². The summed E-state index contributed by atoms with van der Waals surface area (Å²) in [5, 5.41) is 9.34. The van der Waals surface area contributed by atoms with Gasteiger partial charge in [-0.15, -0.1) is 10.2 Å². The molecule has 0 spiro atoms. The van der Waals surface area contributed by atoms with E-state index >= 15 is 0 Å². The Balaban J connectivity index is 1.63. The maximum atomic E-state index is 12.5. The number of carbonyl (C=O) groups is 2. The molecule has 9 heteroatoms. The van der Waals surface area contributed by atoms with Gasteiger partial charge < -0.3 is 15.2 Å². The number of hydrogen-bond donors (Lipinski definition) is 1. The number of hydrogen-bond acceptors (Lipinski definition) is 6. The third kappa shape index (κ3) is 4.65. The molecule has 2 N–H and O–H groups in total. The number of nitrogens with two attached hydrogens (primary N) is 1. The number of pyridine rings is 1. The largest absolute Gasteiger partial charge is 0.369 e. The minimum Gasteiger partial charge on any atom is -0.369 e. The molecule has 0 aliphatic carbocycles. The maximum Gasteiger partial charge on any atom is 0.233 e. The van der Waals surface area contributed by atoms with Gasteiger partial charge in [0.15, 0.2) is 11.0 Å². The van der Waals surface area contributed by atoms with Crippen LogP contribution in [0, 0.1) is 5.92 Å². The Morgan fingerprint density at radius 1 is 1.22 bits per heavy atom. The molecule has 1 aliphatic heterocycles. The van der Waals surface area contributed by atoms with Crippen LogP contribution in [0.3, 0.4) is 0 Å². The highest BCUT2D eigenvalue weighted by Gasteiger charge is 2.26. The van der Waals surface area contributed by atoms with E-state index < -0.39 is 0 Å². The van der Waals surface area contributed by atoms with Crippen molar-refractivity contribution in [2.75, 3.05) is 18.8 Å². The Kier molecular flexibility index (Phi) is 6.44. The second kappa shape index (κ2) is 8.98. The maximum absolute atomic E-state index is 12.5. The Hall–Kier alpha value is -2.42. The van der Waals surface area contributed by atoms with Crippen LogP contribution in [0.2, 0.25) is 0 Å². The lowest BCUT2D eigenvalue weighted by molar-refractivity contribution is -0.132. The molecule has 0 atom stereocenters. The number of piperidine rings is 1. The van der Waals surface area contributed by atoms with E-state index in [1.54, 1.807) is 17.3 Å². The van der Waals surface area contributed by atoms with E-state index in [0.29, 0.717) is 31.7 Å². The summed E-state index contributed by atoms with van der Waals surface area (Å²) in [6.07, 6.45) is 5.69. The van der Waals surface area contributed by atoms with Crippen LogP contribution in [0.15, 0.2) is 29.7 Å². The standard InChI is InChI=1S/C18H24N6O2S/c1-2-9-24-17(14-3-7-20-8-4-14)21-22-18(24)27-12-15(25)23-10-5-13(6-11-23)16(19)26/h3-4,7-8,13H,2,5-6,9-12H2,1H3,(H2,19,26). The zero-order valence-electron chi connectivity index (χ0n) is 15.4. The van der Waals surface area contributed by atoms with Gasteiger partial charge in [-0.1, -0.05) is 18.7 Å². The Bertz CT molecular complexity index is 786. The van der Waals surface area contributed by atoms with Crippen molar-refractivity contribution in [1.29, 1.82) is 0 Å². The molecule has 0 saturated carbocycles. The fraction of sp³-hybridized carbons (Fsp3) is 0.500. The number of aromatic nitrogens is 4. The second-order valence-corrected chi connectivity index (χ2v) is 7.48. The van der Waals surface area contributed by atoms with Gasteiger partial charge in [-0.25, -0.2) is 0 Å². The highest BCUT2D eigenvalue weighted by molar-refractivity contribution is 7.99. The molecule has 2 aromatic rings. The molecule has 2 amide bonds. The highest BCUT2D eigenvalue weighted by Crippen LogP contribution is 2.25. The van der Waals surface area contributed by atoms with Crippen molar-refractivity contribution in [3.05, 3.63) is 24.5 Å². The number of thioether (sulfide) groups is 1. The molecule has 3 rings (SSSR count). The first-order valence-electron chi connectivity index (χ1n) is 9.13. The minimum absolute atomic E-state index is 0.0550. The lowest BCUT2D eigenvalue weighted by Gasteiger charge is -2.30. The zero-order valence-corrected chi connectivity index (χ0v) is 16.2. The minimum atomic E-state index is -0.271. The van der Waals surface area contributed by atoms with Crippen LogP contribution in [0.1, 0.15) is 26.2 Å². The van der Waals surface area contributed by atoms with E-state index in [4.69, 9.17) is 5.73 Å². The first-order chi connectivity index (χ1) is 13.1. The highest BCUT2D eigenvalue weighted by atomic mass is 32.2. The first kappa shape index (κ1) is 19.3. The van der Waals surface area contributed by atoms with E-state index in [2.05, 4.69) is 22.1 Å². The average molecular weight is 388 g/mol. The van der Waals surface area contributed by atoms with Gasteiger partial charge in [-0.05, 0) is 31.4 Å². The number of amides is 2. The summed E-state index contributed by atoms with van der Waals surface area (Å²) in [6.45, 7) is 4.04. The summed E-state index contributed by atoms with van der Waals surface area (Å²) in [5.74, 6) is 0.764. The Labute approximate surface area is 162 Å². The van der Waals surface area contributed by atoms with Crippen molar-refractivity contribution in [3.8, 4) is 11.4 Å². The van der Waals surface area contributed by atoms with E-state index in [1.165, 1.54) is 11.8 Å². The number of likely N-dealkylation sites (tertiary alicyclic amines) is 1. The van der Waals surface area contributed by atoms with Gasteiger partial charge in [-0.2, -0.15) is 0 Å². The molecular weight excluding hydrogens is 364 g/mol. The molecule has 0 radical (unpaired) electrons. The van der Waals surface area contributed by atoms with Gasteiger partial charge >= 0.3 is 0 Å². The van der Waals surface area contributed by atoms with E-state index in [-0.39, 0.29) is 17.7 Å². The van der Waals surface area contributed by atoms with Crippen molar-refractivity contribution in [2.45, 2.75) is 37.9 Å². The predicted molar refractivity (Wildman–Crippen MR) is 103 cm³/mol. The van der Waals surface area contributed by atoms with Gasteiger partial charge in [0, 0.05) is 43.5 Å². The lowest BCUT2D eigenvalue weighted by atomic mass is 9.96. The van der Waals surface area contributed by atoms with Crippen LogP contribution in [0.5, 0.6) is 0 Å². The molecule has 8 nitrogen and oxygen atoms in total. The van der Waals surface area contributed by atoms with Crippen LogP contribution in [-0.4, -0.2) is 55.3 Å². The third-order valence-corrected chi connectivity index (χ3v) is 5.63. The van der Waals surface area contributed by atoms with Crippen LogP contribution in [0.4, 0.5) is 0 Å². The fourth-order valence-electron chi connectivity index (χ4n) is 3.17. The zero-order chi connectivity index (χ0) is 19.2. The number of carbonyl (C=O) groups excluding carboxylic acids is 2. The van der Waals surface area contributed by atoms with Gasteiger partial charge in [0.25, 0.3) is 0 Å². The summed E-state index contributed by atoms with van der Waals surface area (Å²) < 4.78 is 2.05. The molecule has 0 aromatic carbocycles. The molecule has 0 bridgehead atoms. The smallest absolute Gasteiger partial charge is 0.233 e. The second-order valence-electron chi connectivity index (χ2n) is 6.54. The van der Waals surface area contributed by atoms with Gasteiger partial charge in [-0.3, -0.25) is 14.6 Å². The van der Waals surface area contributed by atoms with Crippen molar-refractivity contribution in [1.82, 2.24) is 24.6 Å². The summed E-state index contributed by atoms with van der Waals surface area (Å²) in [7, 11) is 0. The van der Waals surface area contributed by atoms with Gasteiger partial charge in [0.05, 0.1) is 5.75 Å². The monoisotopic (exact) mass is 388 g/mol. The number of rotatable bonds is 7. The molecular formula is C18H24N6O2S. The first-order valence-corrected chi connectivity index (χ1v) is 10.1. The lowest BCUT2D eigenvalue weighted by Crippen LogP contribution is -2.42. The number of primary amides is 1. The molecule has 1 fully saturated rings. The summed E-state index contributed by atoms with van der Waals surface area (Å²) >= 11 is 1.40. The molecule has 3 heterocycles. The van der Waals surface area contributed by atoms with E-state index in [9.17, 15) is 9.59 Å². The summed E-state index contributed by atoms with van der Waals surface area (Å²) in [5.41, 5.74) is 6.31. The summed E-state index contributed by atoms with van der Waals surface area (Å²) in [4.78, 5) is 29.6.